The highest BCUT2D eigenvalue weighted by atomic mass is 35.5. The van der Waals surface area contributed by atoms with Crippen LogP contribution in [0.5, 0.6) is 0 Å². The number of carbonyl (C=O) groups is 2. The Kier molecular flexibility index (Phi) is 6.61. The van der Waals surface area contributed by atoms with E-state index in [1.807, 2.05) is 36.1 Å². The molecule has 0 spiro atoms. The Morgan fingerprint density at radius 2 is 1.88 bits per heavy atom. The topological polar surface area (TPSA) is 81.0 Å². The number of carbonyl (C=O) groups excluding carboxylic acids is 2. The van der Waals surface area contributed by atoms with Crippen molar-refractivity contribution in [3.63, 3.8) is 0 Å². The van der Waals surface area contributed by atoms with E-state index >= 15 is 0 Å². The van der Waals surface area contributed by atoms with Gasteiger partial charge in [0.25, 0.3) is 5.91 Å². The van der Waals surface area contributed by atoms with Crippen molar-refractivity contribution in [2.24, 2.45) is 11.3 Å². The third-order valence-corrected chi connectivity index (χ3v) is 6.37. The zero-order valence-corrected chi connectivity index (χ0v) is 19.9. The summed E-state index contributed by atoms with van der Waals surface area (Å²) in [5, 5.41) is 13.0. The van der Waals surface area contributed by atoms with Gasteiger partial charge in [0.15, 0.2) is 0 Å². The molecule has 1 fully saturated rings. The number of likely N-dealkylation sites (tertiary alicyclic amines) is 1. The van der Waals surface area contributed by atoms with Crippen molar-refractivity contribution < 1.29 is 9.59 Å². The molecule has 1 unspecified atom stereocenters. The molecule has 1 amide bonds. The van der Waals surface area contributed by atoms with E-state index in [1.54, 1.807) is 24.3 Å². The molecule has 8 heteroatoms. The van der Waals surface area contributed by atoms with Gasteiger partial charge < -0.3 is 4.90 Å². The molecule has 0 bridgehead atoms. The lowest BCUT2D eigenvalue weighted by Crippen LogP contribution is -2.42. The maximum absolute atomic E-state index is 13.3. The SMILES string of the molecule is Cc1cccc(-n2nnc(C(=O)C3CCN(C(=O)c4cccc(Cl)c4)CC(C)(C)CC3)n2)c1. The molecule has 1 aliphatic heterocycles. The molecule has 172 valence electrons. The fraction of sp³-hybridized carbons (Fsp3) is 0.400. The average Bonchev–Trinajstić information content (AvgIpc) is 3.26. The van der Waals surface area contributed by atoms with E-state index in [0.717, 1.165) is 24.1 Å². The molecule has 1 aromatic heterocycles. The molecule has 7 nitrogen and oxygen atoms in total. The van der Waals surface area contributed by atoms with Crippen LogP contribution in [0.2, 0.25) is 5.02 Å². The van der Waals surface area contributed by atoms with Gasteiger partial charge in [-0.15, -0.1) is 15.0 Å². The number of halogens is 1. The summed E-state index contributed by atoms with van der Waals surface area (Å²) in [6, 6.07) is 14.7. The van der Waals surface area contributed by atoms with Gasteiger partial charge in [0.05, 0.1) is 5.69 Å². The van der Waals surface area contributed by atoms with Crippen molar-refractivity contribution in [3.05, 3.63) is 70.5 Å². The van der Waals surface area contributed by atoms with Crippen LogP contribution in [0.15, 0.2) is 48.5 Å². The number of aromatic nitrogens is 4. The number of tetrazole rings is 1. The number of ketones is 1. The van der Waals surface area contributed by atoms with Gasteiger partial charge in [-0.1, -0.05) is 43.6 Å². The molecule has 4 rings (SSSR count). The van der Waals surface area contributed by atoms with Crippen LogP contribution in [0.4, 0.5) is 0 Å². The molecule has 0 saturated carbocycles. The van der Waals surface area contributed by atoms with Gasteiger partial charge in [0.2, 0.25) is 11.6 Å². The monoisotopic (exact) mass is 465 g/mol. The summed E-state index contributed by atoms with van der Waals surface area (Å²) in [5.74, 6) is -0.342. The third-order valence-electron chi connectivity index (χ3n) is 6.13. The maximum atomic E-state index is 13.3. The zero-order chi connectivity index (χ0) is 23.6. The van der Waals surface area contributed by atoms with E-state index in [0.29, 0.717) is 30.1 Å². The van der Waals surface area contributed by atoms with Crippen LogP contribution in [0.25, 0.3) is 5.69 Å². The molecule has 2 aromatic carbocycles. The Morgan fingerprint density at radius 3 is 2.64 bits per heavy atom. The highest BCUT2D eigenvalue weighted by Gasteiger charge is 2.33. The summed E-state index contributed by atoms with van der Waals surface area (Å²) in [5.41, 5.74) is 2.27. The minimum absolute atomic E-state index is 0.0674. The predicted octanol–water partition coefficient (Wildman–Crippen LogP) is 4.78. The third kappa shape index (κ3) is 5.47. The molecule has 1 aliphatic rings. The number of benzene rings is 2. The van der Waals surface area contributed by atoms with Crippen LogP contribution in [0, 0.1) is 18.3 Å². The molecule has 1 atom stereocenters. The van der Waals surface area contributed by atoms with E-state index < -0.39 is 0 Å². The normalized spacial score (nSPS) is 18.4. The molecular formula is C25H28ClN5O2. The van der Waals surface area contributed by atoms with Gasteiger partial charge in [-0.2, -0.15) is 0 Å². The first-order valence-electron chi connectivity index (χ1n) is 11.2. The van der Waals surface area contributed by atoms with Crippen molar-refractivity contribution >= 4 is 23.3 Å². The minimum atomic E-state index is -0.269. The quantitative estimate of drug-likeness (QED) is 0.518. The van der Waals surface area contributed by atoms with Crippen molar-refractivity contribution in [1.82, 2.24) is 25.1 Å². The Bertz CT molecular complexity index is 1170. The fourth-order valence-electron chi connectivity index (χ4n) is 4.29. The zero-order valence-electron chi connectivity index (χ0n) is 19.2. The van der Waals surface area contributed by atoms with Gasteiger partial charge in [-0.25, -0.2) is 0 Å². The maximum Gasteiger partial charge on any atom is 0.253 e. The molecule has 2 heterocycles. The lowest BCUT2D eigenvalue weighted by atomic mass is 9.80. The van der Waals surface area contributed by atoms with Crippen LogP contribution in [0.1, 0.15) is 59.7 Å². The second-order valence-corrected chi connectivity index (χ2v) is 9.97. The highest BCUT2D eigenvalue weighted by Crippen LogP contribution is 2.32. The van der Waals surface area contributed by atoms with Gasteiger partial charge >= 0.3 is 0 Å². The number of nitrogens with zero attached hydrogens (tertiary/aromatic N) is 5. The van der Waals surface area contributed by atoms with Crippen molar-refractivity contribution in [2.45, 2.75) is 40.0 Å². The summed E-state index contributed by atoms with van der Waals surface area (Å²) >= 11 is 6.09. The Labute approximate surface area is 198 Å². The predicted molar refractivity (Wildman–Crippen MR) is 127 cm³/mol. The van der Waals surface area contributed by atoms with Crippen molar-refractivity contribution in [2.75, 3.05) is 13.1 Å². The molecule has 0 radical (unpaired) electrons. The Hall–Kier alpha value is -3.06. The number of aryl methyl sites for hydroxylation is 1. The van der Waals surface area contributed by atoms with Crippen LogP contribution >= 0.6 is 11.6 Å². The fourth-order valence-corrected chi connectivity index (χ4v) is 4.48. The summed E-state index contributed by atoms with van der Waals surface area (Å²) in [4.78, 5) is 29.7. The number of hydrogen-bond acceptors (Lipinski definition) is 5. The van der Waals surface area contributed by atoms with E-state index in [1.165, 1.54) is 4.80 Å². The highest BCUT2D eigenvalue weighted by molar-refractivity contribution is 6.30. The molecule has 0 N–H and O–H groups in total. The summed E-state index contributed by atoms with van der Waals surface area (Å²) in [6.45, 7) is 7.35. The first-order valence-corrected chi connectivity index (χ1v) is 11.6. The first-order chi connectivity index (χ1) is 15.7. The van der Waals surface area contributed by atoms with Crippen LogP contribution in [-0.4, -0.2) is 49.9 Å². The number of hydrogen-bond donors (Lipinski definition) is 0. The molecule has 33 heavy (non-hydrogen) atoms. The number of amides is 1. The summed E-state index contributed by atoms with van der Waals surface area (Å²) in [6.07, 6.45) is 2.10. The summed E-state index contributed by atoms with van der Waals surface area (Å²) in [7, 11) is 0. The van der Waals surface area contributed by atoms with E-state index in [9.17, 15) is 9.59 Å². The number of rotatable bonds is 4. The summed E-state index contributed by atoms with van der Waals surface area (Å²) < 4.78 is 0. The second kappa shape index (κ2) is 9.43. The van der Waals surface area contributed by atoms with E-state index in [2.05, 4.69) is 29.3 Å². The van der Waals surface area contributed by atoms with Gasteiger partial charge in [-0.05, 0) is 72.7 Å². The van der Waals surface area contributed by atoms with E-state index in [4.69, 9.17) is 11.6 Å². The standard InChI is InChI=1S/C25H28ClN5O2/c1-17-6-4-9-21(14-17)31-28-23(27-29-31)22(32)18-10-12-25(2,3)16-30(13-11-18)24(33)19-7-5-8-20(26)15-19/h4-9,14-15,18H,10-13,16H2,1-3H3. The molecule has 0 aliphatic carbocycles. The van der Waals surface area contributed by atoms with Crippen molar-refractivity contribution in [3.8, 4) is 5.69 Å². The molecule has 3 aromatic rings. The first kappa shape index (κ1) is 23.1. The lowest BCUT2D eigenvalue weighted by Gasteiger charge is -2.37. The van der Waals surface area contributed by atoms with Crippen LogP contribution in [0.3, 0.4) is 0 Å². The molecule has 1 saturated heterocycles. The smallest absolute Gasteiger partial charge is 0.253 e. The van der Waals surface area contributed by atoms with Gasteiger partial charge in [0.1, 0.15) is 0 Å². The van der Waals surface area contributed by atoms with Gasteiger partial charge in [-0.3, -0.25) is 9.59 Å². The molecular weight excluding hydrogens is 438 g/mol. The minimum Gasteiger partial charge on any atom is -0.338 e. The lowest BCUT2D eigenvalue weighted by molar-refractivity contribution is 0.0591. The Morgan fingerprint density at radius 1 is 1.09 bits per heavy atom. The van der Waals surface area contributed by atoms with Gasteiger partial charge in [0, 0.05) is 29.6 Å². The largest absolute Gasteiger partial charge is 0.338 e. The Balaban J connectivity index is 1.52. The number of Topliss-reactive ketones (excluding diaryl/α,β-unsaturated/α-hetero) is 1. The van der Waals surface area contributed by atoms with Crippen LogP contribution < -0.4 is 0 Å². The second-order valence-electron chi connectivity index (χ2n) is 9.53. The van der Waals surface area contributed by atoms with Crippen molar-refractivity contribution in [1.29, 1.82) is 0 Å². The van der Waals surface area contributed by atoms with E-state index in [-0.39, 0.29) is 28.8 Å². The average molecular weight is 466 g/mol. The van der Waals surface area contributed by atoms with Crippen LogP contribution in [-0.2, 0) is 0 Å².